The number of hydrogen-bond acceptors (Lipinski definition) is 3. The number of rotatable bonds is 11. The molecular weight excluding hydrogens is 979 g/mol. The first-order chi connectivity index (χ1) is 39.7. The minimum Gasteiger partial charge on any atom is -0.310 e. The van der Waals surface area contributed by atoms with E-state index in [0.29, 0.717) is 0 Å². The Labute approximate surface area is 477 Å². The van der Waals surface area contributed by atoms with E-state index >= 15 is 0 Å². The quantitative estimate of drug-likeness (QED) is 0.120. The Kier molecular flexibility index (Phi) is 12.2. The summed E-state index contributed by atoms with van der Waals surface area (Å²) < 4.78 is 0. The maximum absolute atomic E-state index is 2.43. The SMILES string of the molecule is CC1(C)c2cc(/C=C/c3ccc4c(c3)N(c3ccccc3)c3cc(/C=C/c5ccc6c(c5)C(C)(C)c5cc(N(c7ccccc7)c7ccccc7)ccc5-6)ccc3C=C4)ccc2-c2ccc(N(c3ccccc3)c3ccccc3)cc21. The van der Waals surface area contributed by atoms with Crippen LogP contribution in [0.15, 0.2) is 261 Å². The van der Waals surface area contributed by atoms with E-state index in [-0.39, 0.29) is 10.8 Å². The molecule has 81 heavy (non-hydrogen) atoms. The molecule has 14 rings (SSSR count). The summed E-state index contributed by atoms with van der Waals surface area (Å²) in [6.45, 7) is 9.48. The molecule has 11 aromatic carbocycles. The van der Waals surface area contributed by atoms with Gasteiger partial charge in [0, 0.05) is 50.6 Å². The largest absolute Gasteiger partial charge is 0.310 e. The normalized spacial score (nSPS) is 14.0. The molecule has 0 spiro atoms. The van der Waals surface area contributed by atoms with Crippen LogP contribution >= 0.6 is 0 Å². The summed E-state index contributed by atoms with van der Waals surface area (Å²) in [4.78, 5) is 7.14. The molecule has 0 bridgehead atoms. The summed E-state index contributed by atoms with van der Waals surface area (Å²) in [6.07, 6.45) is 13.6. The first kappa shape index (κ1) is 49.3. The lowest BCUT2D eigenvalue weighted by Gasteiger charge is -2.28. The summed E-state index contributed by atoms with van der Waals surface area (Å²) >= 11 is 0. The number of benzene rings is 11. The van der Waals surface area contributed by atoms with Gasteiger partial charge in [0.25, 0.3) is 0 Å². The van der Waals surface area contributed by atoms with Crippen LogP contribution in [-0.2, 0) is 10.8 Å². The zero-order valence-corrected chi connectivity index (χ0v) is 46.1. The molecule has 3 heteroatoms. The standard InChI is InChI=1S/C78H61N3/c1-77(2)71-48-54(36-44-67(71)69-46-42-65(52-73(69)77)79(60-20-10-5-11-21-60)61-22-12-6-13-23-61)30-32-56-34-38-58-40-41-59-39-35-57(51-76(59)81(75(58)50-56)64-28-18-9-19-29-64)33-31-55-37-45-68-70-47-43-66(53-74(70)78(3,4)72(68)49-55)80(62-24-14-7-15-25-62)63-26-16-8-17-27-63/h5-53H,1-4H3/b32-30+,33-31+. The van der Waals surface area contributed by atoms with Crippen molar-refractivity contribution in [3.63, 3.8) is 0 Å². The van der Waals surface area contributed by atoms with Crippen LogP contribution in [0.25, 0.3) is 58.7 Å². The lowest BCUT2D eigenvalue weighted by atomic mass is 9.81. The number of anilines is 9. The van der Waals surface area contributed by atoms with Crippen molar-refractivity contribution in [1.82, 2.24) is 0 Å². The second kappa shape index (κ2) is 20.0. The zero-order valence-electron chi connectivity index (χ0n) is 46.1. The van der Waals surface area contributed by atoms with Gasteiger partial charge >= 0.3 is 0 Å². The van der Waals surface area contributed by atoms with Crippen LogP contribution in [-0.4, -0.2) is 0 Å². The molecule has 2 aliphatic carbocycles. The van der Waals surface area contributed by atoms with Crippen LogP contribution in [0.5, 0.6) is 0 Å². The van der Waals surface area contributed by atoms with Gasteiger partial charge in [0.2, 0.25) is 0 Å². The fraction of sp³-hybridized carbons (Fsp3) is 0.0769. The average molecular weight is 1040 g/mol. The van der Waals surface area contributed by atoms with Gasteiger partial charge in [0.15, 0.2) is 0 Å². The lowest BCUT2D eigenvalue weighted by molar-refractivity contribution is 0.660. The predicted octanol–water partition coefficient (Wildman–Crippen LogP) is 21.5. The lowest BCUT2D eigenvalue weighted by Crippen LogP contribution is -2.16. The van der Waals surface area contributed by atoms with Gasteiger partial charge in [0.05, 0.1) is 11.4 Å². The maximum Gasteiger partial charge on any atom is 0.0540 e. The second-order valence-electron chi connectivity index (χ2n) is 22.6. The van der Waals surface area contributed by atoms with Crippen LogP contribution in [0.3, 0.4) is 0 Å². The Morgan fingerprint density at radius 2 is 0.580 bits per heavy atom. The third-order valence-corrected chi connectivity index (χ3v) is 16.9. The smallest absolute Gasteiger partial charge is 0.0540 e. The van der Waals surface area contributed by atoms with E-state index in [1.54, 1.807) is 0 Å². The van der Waals surface area contributed by atoms with Crippen molar-refractivity contribution in [2.24, 2.45) is 0 Å². The third-order valence-electron chi connectivity index (χ3n) is 16.9. The molecule has 0 saturated heterocycles. The number of nitrogens with zero attached hydrogens (tertiary/aromatic N) is 3. The molecule has 0 N–H and O–H groups in total. The molecule has 388 valence electrons. The molecule has 1 aliphatic heterocycles. The minimum atomic E-state index is -0.192. The van der Waals surface area contributed by atoms with E-state index in [4.69, 9.17) is 0 Å². The Bertz CT molecular complexity index is 3930. The van der Waals surface area contributed by atoms with Gasteiger partial charge in [-0.2, -0.15) is 0 Å². The summed E-state index contributed by atoms with van der Waals surface area (Å²) in [7, 11) is 0. The van der Waals surface area contributed by atoms with Crippen molar-refractivity contribution in [3.8, 4) is 22.3 Å². The summed E-state index contributed by atoms with van der Waals surface area (Å²) in [5, 5.41) is 0. The molecule has 0 aromatic heterocycles. The topological polar surface area (TPSA) is 9.72 Å². The Balaban J connectivity index is 0.744. The summed E-state index contributed by atoms with van der Waals surface area (Å²) in [6, 6.07) is 95.1. The second-order valence-corrected chi connectivity index (χ2v) is 22.6. The molecule has 3 nitrogen and oxygen atoms in total. The molecule has 0 radical (unpaired) electrons. The minimum absolute atomic E-state index is 0.192. The van der Waals surface area contributed by atoms with Gasteiger partial charge in [-0.1, -0.05) is 228 Å². The van der Waals surface area contributed by atoms with E-state index in [0.717, 1.165) is 62.3 Å². The summed E-state index contributed by atoms with van der Waals surface area (Å²) in [5.41, 5.74) is 27.4. The monoisotopic (exact) mass is 1040 g/mol. The fourth-order valence-electron chi connectivity index (χ4n) is 12.7. The molecule has 0 unspecified atom stereocenters. The van der Waals surface area contributed by atoms with Crippen LogP contribution in [0.4, 0.5) is 51.2 Å². The van der Waals surface area contributed by atoms with E-state index in [2.05, 4.69) is 340 Å². The third kappa shape index (κ3) is 8.88. The highest BCUT2D eigenvalue weighted by Crippen LogP contribution is 2.53. The highest BCUT2D eigenvalue weighted by molar-refractivity contribution is 5.96. The molecule has 0 amide bonds. The van der Waals surface area contributed by atoms with Gasteiger partial charge in [-0.15, -0.1) is 0 Å². The Morgan fingerprint density at radius 3 is 0.938 bits per heavy atom. The van der Waals surface area contributed by atoms with E-state index < -0.39 is 0 Å². The van der Waals surface area contributed by atoms with Crippen molar-refractivity contribution < 1.29 is 0 Å². The zero-order chi connectivity index (χ0) is 54.7. The molecule has 0 fully saturated rings. The van der Waals surface area contributed by atoms with Crippen LogP contribution in [0, 0.1) is 0 Å². The molecule has 11 aromatic rings. The first-order valence-corrected chi connectivity index (χ1v) is 28.2. The molecule has 0 saturated carbocycles. The van der Waals surface area contributed by atoms with E-state index in [1.807, 2.05) is 0 Å². The van der Waals surface area contributed by atoms with E-state index in [1.165, 1.54) is 66.8 Å². The fourth-order valence-corrected chi connectivity index (χ4v) is 12.7. The van der Waals surface area contributed by atoms with Crippen LogP contribution in [0.1, 0.15) is 83.3 Å². The average Bonchev–Trinajstić information content (AvgIpc) is 3.76. The molecule has 0 atom stereocenters. The van der Waals surface area contributed by atoms with Crippen molar-refractivity contribution in [2.45, 2.75) is 38.5 Å². The van der Waals surface area contributed by atoms with Gasteiger partial charge in [0.1, 0.15) is 0 Å². The van der Waals surface area contributed by atoms with Crippen molar-refractivity contribution in [3.05, 3.63) is 316 Å². The van der Waals surface area contributed by atoms with E-state index in [9.17, 15) is 0 Å². The van der Waals surface area contributed by atoms with Crippen molar-refractivity contribution in [1.29, 1.82) is 0 Å². The Morgan fingerprint density at radius 1 is 0.284 bits per heavy atom. The molecule has 1 heterocycles. The number of para-hydroxylation sites is 5. The molecule has 3 aliphatic rings. The first-order valence-electron chi connectivity index (χ1n) is 28.2. The summed E-state index contributed by atoms with van der Waals surface area (Å²) in [5.74, 6) is 0. The van der Waals surface area contributed by atoms with Crippen molar-refractivity contribution in [2.75, 3.05) is 14.7 Å². The maximum atomic E-state index is 2.43. The van der Waals surface area contributed by atoms with Gasteiger partial charge < -0.3 is 14.7 Å². The van der Waals surface area contributed by atoms with Gasteiger partial charge in [-0.3, -0.25) is 0 Å². The predicted molar refractivity (Wildman–Crippen MR) is 345 cm³/mol. The van der Waals surface area contributed by atoms with Crippen LogP contribution in [0.2, 0.25) is 0 Å². The number of hydrogen-bond donors (Lipinski definition) is 0. The van der Waals surface area contributed by atoms with Gasteiger partial charge in [-0.25, -0.2) is 0 Å². The molecular formula is C78H61N3. The number of fused-ring (bicyclic) bond motifs is 8. The highest BCUT2D eigenvalue weighted by Gasteiger charge is 2.38. The van der Waals surface area contributed by atoms with Crippen molar-refractivity contribution >= 4 is 87.6 Å². The van der Waals surface area contributed by atoms with Crippen LogP contribution < -0.4 is 14.7 Å². The Hall–Kier alpha value is -9.96. The highest BCUT2D eigenvalue weighted by atomic mass is 15.2. The van der Waals surface area contributed by atoms with Gasteiger partial charge in [-0.05, 0) is 175 Å².